The lowest BCUT2D eigenvalue weighted by Gasteiger charge is -2.22. The topological polar surface area (TPSA) is 400 Å². The lowest BCUT2D eigenvalue weighted by molar-refractivity contribution is -0.162. The summed E-state index contributed by atoms with van der Waals surface area (Å²) in [6.45, 7) is 15.3. The molecule has 0 atom stereocenters. The van der Waals surface area contributed by atoms with Crippen LogP contribution in [0.25, 0.3) is 69.2 Å². The number of benzene rings is 6. The van der Waals surface area contributed by atoms with E-state index in [0.29, 0.717) is 86.5 Å². The number of rotatable bonds is 32. The van der Waals surface area contributed by atoms with Crippen LogP contribution in [-0.2, 0) is 70.0 Å². The second-order valence-electron chi connectivity index (χ2n) is 29.8. The predicted molar refractivity (Wildman–Crippen MR) is 489 cm³/mol. The van der Waals surface area contributed by atoms with Crippen LogP contribution in [0.3, 0.4) is 0 Å². The molecule has 0 bridgehead atoms. The van der Waals surface area contributed by atoms with Crippen LogP contribution in [0.1, 0.15) is 141 Å². The third-order valence-electron chi connectivity index (χ3n) is 17.5. The monoisotopic (exact) mass is 1850 g/mol. The third kappa shape index (κ3) is 27.6. The van der Waals surface area contributed by atoms with Crippen molar-refractivity contribution in [2.24, 2.45) is 10.8 Å². The third-order valence-corrected chi connectivity index (χ3v) is 23.9. The van der Waals surface area contributed by atoms with Gasteiger partial charge in [0.05, 0.1) is 97.0 Å². The normalized spacial score (nSPS) is 11.8. The SMILES string of the molecule is CCOC(=O)n1nc(/C=C/c2ccccn2)c2ccc(Sc3ccccc3C(=O)NC)cc21.CNC(=O)c1ccccc1Sc1ccc2c(/C=C/c3ccccn3)nn(P(=O)(OCOC(=O)C(C)(C)C)OCOC(=O)C(C)(C)C)c2c1.CNC(=O)c1ccccc1Sc1ccc2c(/C=C/c3ccccn3)nn(P(=O)(OCOC(=O)OC(C)C)OCOC(=O)OC(C)C)c2c1. The molecule has 12 aromatic rings. The van der Waals surface area contributed by atoms with E-state index in [1.54, 1.807) is 219 Å². The zero-order chi connectivity index (χ0) is 93.0. The van der Waals surface area contributed by atoms with Gasteiger partial charge in [-0.15, -0.1) is 0 Å². The molecule has 0 saturated heterocycles. The molecule has 33 nitrogen and oxygen atoms in total. The number of fused-ring (bicyclic) bond motifs is 3. The molecule has 12 rings (SSSR count). The fraction of sp³-hybridized carbons (Fsp3) is 0.253. The Balaban J connectivity index is 0.000000205. The van der Waals surface area contributed by atoms with E-state index in [1.807, 2.05) is 115 Å². The molecule has 6 aromatic heterocycles. The maximum absolute atomic E-state index is 14.6. The van der Waals surface area contributed by atoms with E-state index in [1.165, 1.54) is 40.0 Å². The second kappa shape index (κ2) is 46.2. The molecule has 0 aliphatic rings. The first-order valence-electron chi connectivity index (χ1n) is 40.0. The number of carbonyl (C=O) groups is 8. The smallest absolute Gasteiger partial charge is 0.448 e. The van der Waals surface area contributed by atoms with Crippen molar-refractivity contribution in [1.29, 1.82) is 0 Å². The lowest BCUT2D eigenvalue weighted by Crippen LogP contribution is -2.25. The zero-order valence-corrected chi connectivity index (χ0v) is 77.2. The molecule has 6 heterocycles. The van der Waals surface area contributed by atoms with Crippen molar-refractivity contribution < 1.29 is 98.7 Å². The molecular weight excluding hydrogens is 1760 g/mol. The summed E-state index contributed by atoms with van der Waals surface area (Å²) in [7, 11) is -4.39. The van der Waals surface area contributed by atoms with Gasteiger partial charge >= 0.3 is 45.8 Å². The molecule has 3 N–H and O–H groups in total. The molecule has 0 spiro atoms. The van der Waals surface area contributed by atoms with Crippen LogP contribution < -0.4 is 16.0 Å². The van der Waals surface area contributed by atoms with Gasteiger partial charge in [-0.3, -0.25) is 57.0 Å². The lowest BCUT2D eigenvalue weighted by atomic mass is 9.98. The Morgan fingerprint density at radius 3 is 1.02 bits per heavy atom. The van der Waals surface area contributed by atoms with Crippen molar-refractivity contribution in [3.63, 3.8) is 0 Å². The Hall–Kier alpha value is -12.9. The number of aromatic nitrogens is 9. The molecular formula is C91H96N12O21P2S3. The summed E-state index contributed by atoms with van der Waals surface area (Å²) >= 11 is 4.06. The Morgan fingerprint density at radius 1 is 0.395 bits per heavy atom. The highest BCUT2D eigenvalue weighted by Gasteiger charge is 2.37. The molecule has 0 radical (unpaired) electrons. The summed E-state index contributed by atoms with van der Waals surface area (Å²) in [5.74, 6) is -1.84. The Labute approximate surface area is 756 Å². The molecule has 0 saturated carbocycles. The average Bonchev–Trinajstić information content (AvgIpc) is 1.62. The number of amides is 3. The van der Waals surface area contributed by atoms with Crippen molar-refractivity contribution in [1.82, 2.24) is 59.8 Å². The number of carbonyl (C=O) groups excluding carboxylic acids is 8. The van der Waals surface area contributed by atoms with Gasteiger partial charge in [0.25, 0.3) is 17.7 Å². The largest absolute Gasteiger partial charge is 0.510 e. The Morgan fingerprint density at radius 2 is 0.705 bits per heavy atom. The minimum absolute atomic E-state index is 0.155. The van der Waals surface area contributed by atoms with Crippen molar-refractivity contribution in [3.8, 4) is 0 Å². The quantitative estimate of drug-likeness (QED) is 0.0152. The molecule has 129 heavy (non-hydrogen) atoms. The van der Waals surface area contributed by atoms with Crippen LogP contribution in [0.2, 0.25) is 0 Å². The number of hydrogen-bond donors (Lipinski definition) is 3. The Bertz CT molecular complexity index is 6110. The molecule has 0 aliphatic heterocycles. The van der Waals surface area contributed by atoms with Gasteiger partial charge in [-0.1, -0.05) is 89.9 Å². The van der Waals surface area contributed by atoms with Crippen LogP contribution in [-0.4, -0.2) is 159 Å². The molecule has 0 fully saturated rings. The van der Waals surface area contributed by atoms with Gasteiger partial charge in [0.1, 0.15) is 0 Å². The standard InChI is InChI=1S/C34H39N4O8PS.C32H35N4O10PS.C25H22N4O3S/c1-33(2,3)31(40)43-21-45-47(42,46-22-44-32(41)34(4,5)6)38-28-20-24(48-29-14-9-8-13-26(29)30(39)35-7)16-17-25(28)27(37-38)18-15-23-12-10-11-19-36-23;1-21(2)45-31(38)41-19-43-47(40,44-20-42-32(39)46-22(3)4)36-28-18-24(48-29-12-7-6-11-26(29)30(37)33-5)14-15-25(28)27(35-36)16-13-23-10-8-9-17-34-23;1-3-32-25(31)29-22-16-18(33-23-10-5-4-9-20(23)24(30)26-2)12-13-19(22)21(28-29)14-11-17-8-6-7-15-27-17/h8-20H,21-22H2,1-7H3,(H,35,39);6-18,21-22H,19-20H2,1-5H3,(H,33,37);4-16H,3H2,1-2H3,(H,26,30)/b18-15+;16-13+;14-11+. The summed E-state index contributed by atoms with van der Waals surface area (Å²) in [6.07, 6.45) is 11.9. The minimum Gasteiger partial charge on any atom is -0.448 e. The maximum atomic E-state index is 14.6. The highest BCUT2D eigenvalue weighted by Crippen LogP contribution is 2.54. The minimum atomic E-state index is -4.59. The van der Waals surface area contributed by atoms with Gasteiger partial charge < -0.3 is 49.1 Å². The van der Waals surface area contributed by atoms with Gasteiger partial charge in [0.2, 0.25) is 27.2 Å². The Kier molecular flexibility index (Phi) is 35.2. The number of nitrogens with one attached hydrogen (secondary N) is 3. The van der Waals surface area contributed by atoms with Crippen LogP contribution in [0, 0.1) is 10.8 Å². The fourth-order valence-corrected chi connectivity index (χ4v) is 16.8. The van der Waals surface area contributed by atoms with Gasteiger partial charge in [0.15, 0.2) is 0 Å². The summed E-state index contributed by atoms with van der Waals surface area (Å²) in [6, 6.07) is 54.5. The van der Waals surface area contributed by atoms with Crippen molar-refractivity contribution in [3.05, 3.63) is 251 Å². The van der Waals surface area contributed by atoms with Crippen molar-refractivity contribution in [2.75, 3.05) is 54.9 Å². The molecule has 38 heteroatoms. The second-order valence-corrected chi connectivity index (χ2v) is 36.8. The highest BCUT2D eigenvalue weighted by atomic mass is 32.2. The number of nitrogens with zero attached hydrogens (tertiary/aromatic N) is 9. The number of ether oxygens (including phenoxy) is 7. The molecule has 674 valence electrons. The average molecular weight is 1850 g/mol. The first-order chi connectivity index (χ1) is 61.7. The van der Waals surface area contributed by atoms with E-state index in [9.17, 15) is 47.5 Å². The molecule has 0 unspecified atom stereocenters. The van der Waals surface area contributed by atoms with Crippen molar-refractivity contribution in [2.45, 2.75) is 118 Å². The van der Waals surface area contributed by atoms with Gasteiger partial charge in [-0.25, -0.2) is 23.5 Å². The van der Waals surface area contributed by atoms with E-state index in [0.717, 1.165) is 29.8 Å². The van der Waals surface area contributed by atoms with E-state index in [2.05, 4.69) is 46.2 Å². The van der Waals surface area contributed by atoms with Crippen LogP contribution in [0.5, 0.6) is 0 Å². The van der Waals surface area contributed by atoms with Gasteiger partial charge in [-0.2, -0.15) is 28.9 Å². The predicted octanol–water partition coefficient (Wildman–Crippen LogP) is 19.5. The highest BCUT2D eigenvalue weighted by molar-refractivity contribution is 8.00. The zero-order valence-electron chi connectivity index (χ0n) is 72.9. The summed E-state index contributed by atoms with van der Waals surface area (Å²) < 4.78 is 90.3. The van der Waals surface area contributed by atoms with Crippen LogP contribution in [0.4, 0.5) is 14.4 Å². The van der Waals surface area contributed by atoms with E-state index < -0.39 is 96.0 Å². The van der Waals surface area contributed by atoms with Crippen molar-refractivity contribution >= 4 is 168 Å². The van der Waals surface area contributed by atoms with E-state index in [-0.39, 0.29) is 29.8 Å². The molecule has 3 amide bonds. The van der Waals surface area contributed by atoms with E-state index in [4.69, 9.17) is 51.3 Å². The van der Waals surface area contributed by atoms with Crippen LogP contribution >= 0.6 is 50.8 Å². The number of esters is 2. The fourth-order valence-electron chi connectivity index (χ4n) is 11.3. The summed E-state index contributed by atoms with van der Waals surface area (Å²) in [4.78, 5) is 116. The van der Waals surface area contributed by atoms with Gasteiger partial charge in [0, 0.05) is 85.3 Å². The van der Waals surface area contributed by atoms with E-state index >= 15 is 0 Å². The van der Waals surface area contributed by atoms with Crippen LogP contribution in [0.15, 0.2) is 230 Å². The summed E-state index contributed by atoms with van der Waals surface area (Å²) in [5.41, 5.74) is 4.57. The molecule has 0 aliphatic carbocycles. The first kappa shape index (κ1) is 98.3. The maximum Gasteiger partial charge on any atom is 0.510 e. The first-order valence-corrected chi connectivity index (χ1v) is 45.5. The summed E-state index contributed by atoms with van der Waals surface area (Å²) in [5, 5.41) is 23.5. The number of hydrogen-bond acceptors (Lipinski definition) is 30. The molecule has 6 aromatic carbocycles. The number of pyridine rings is 3. The van der Waals surface area contributed by atoms with Gasteiger partial charge in [-0.05, 0) is 240 Å².